The van der Waals surface area contributed by atoms with E-state index in [1.165, 1.54) is 5.56 Å². The molecule has 2 aliphatic heterocycles. The molecule has 3 atom stereocenters. The lowest BCUT2D eigenvalue weighted by Crippen LogP contribution is -2.52. The van der Waals surface area contributed by atoms with Gasteiger partial charge in [-0.3, -0.25) is 14.5 Å². The highest BCUT2D eigenvalue weighted by molar-refractivity contribution is 6.07. The predicted molar refractivity (Wildman–Crippen MR) is 124 cm³/mol. The van der Waals surface area contributed by atoms with Gasteiger partial charge in [0.2, 0.25) is 5.91 Å². The standard InChI is InChI=1S/C25H36N4O2/c1-16-7-6-8-20-21(14-28(5)23(16)20)24(31)26-13-17-11-18-9-10-19(12-17)29(18)15-22(30)27-25(2,3)4/h6-8,14,17-19H,9-13,15H2,1-5H3,(H,26,31)(H,27,30)/t17?,18-,19+. The maximum Gasteiger partial charge on any atom is 0.253 e. The number of carbonyl (C=O) groups is 2. The van der Waals surface area contributed by atoms with E-state index in [1.54, 1.807) is 0 Å². The third-order valence-corrected chi connectivity index (χ3v) is 6.82. The molecule has 3 heterocycles. The predicted octanol–water partition coefficient (Wildman–Crippen LogP) is 3.37. The van der Waals surface area contributed by atoms with Crippen LogP contribution in [0.15, 0.2) is 24.4 Å². The SMILES string of the molecule is Cc1cccc2c(C(=O)NCC3C[C@H]4CC[C@@H](C3)N4CC(=O)NC(C)(C)C)cn(C)c12. The summed E-state index contributed by atoms with van der Waals surface area (Å²) in [5.41, 5.74) is 2.85. The molecule has 0 radical (unpaired) electrons. The van der Waals surface area contributed by atoms with Crippen molar-refractivity contribution in [3.05, 3.63) is 35.5 Å². The van der Waals surface area contributed by atoms with Gasteiger partial charge in [0.05, 0.1) is 17.6 Å². The van der Waals surface area contributed by atoms with Crippen LogP contribution in [0, 0.1) is 12.8 Å². The minimum absolute atomic E-state index is 0.00975. The third kappa shape index (κ3) is 4.64. The fourth-order valence-electron chi connectivity index (χ4n) is 5.62. The number of fused-ring (bicyclic) bond motifs is 3. The number of nitrogens with zero attached hydrogens (tertiary/aromatic N) is 2. The highest BCUT2D eigenvalue weighted by Crippen LogP contribution is 2.38. The van der Waals surface area contributed by atoms with Crippen molar-refractivity contribution in [3.63, 3.8) is 0 Å². The van der Waals surface area contributed by atoms with Crippen LogP contribution < -0.4 is 10.6 Å². The quantitative estimate of drug-likeness (QED) is 0.773. The molecule has 1 aromatic carbocycles. The van der Waals surface area contributed by atoms with Crippen molar-refractivity contribution in [3.8, 4) is 0 Å². The molecule has 0 spiro atoms. The Morgan fingerprint density at radius 2 is 1.81 bits per heavy atom. The summed E-state index contributed by atoms with van der Waals surface area (Å²) in [7, 11) is 2.00. The first kappa shape index (κ1) is 21.9. The summed E-state index contributed by atoms with van der Waals surface area (Å²) in [4.78, 5) is 27.8. The van der Waals surface area contributed by atoms with Crippen LogP contribution in [0.3, 0.4) is 0 Å². The Kier molecular flexibility index (Phi) is 5.86. The number of hydrogen-bond donors (Lipinski definition) is 2. The molecule has 2 saturated heterocycles. The first-order valence-electron chi connectivity index (χ1n) is 11.5. The number of para-hydroxylation sites is 1. The molecule has 1 unspecified atom stereocenters. The number of aromatic nitrogens is 1. The van der Waals surface area contributed by atoms with E-state index < -0.39 is 0 Å². The molecule has 2 bridgehead atoms. The zero-order valence-electron chi connectivity index (χ0n) is 19.5. The van der Waals surface area contributed by atoms with Crippen LogP contribution in [0.5, 0.6) is 0 Å². The van der Waals surface area contributed by atoms with E-state index >= 15 is 0 Å². The monoisotopic (exact) mass is 424 g/mol. The van der Waals surface area contributed by atoms with E-state index in [2.05, 4.69) is 28.5 Å². The maximum absolute atomic E-state index is 13.0. The second-order valence-corrected chi connectivity index (χ2v) is 10.5. The van der Waals surface area contributed by atoms with Crippen molar-refractivity contribution < 1.29 is 9.59 Å². The Labute approximate surface area is 185 Å². The number of amides is 2. The van der Waals surface area contributed by atoms with Crippen LogP contribution in [0.1, 0.15) is 62.4 Å². The van der Waals surface area contributed by atoms with E-state index in [4.69, 9.17) is 0 Å². The van der Waals surface area contributed by atoms with Gasteiger partial charge < -0.3 is 15.2 Å². The maximum atomic E-state index is 13.0. The molecule has 6 nitrogen and oxygen atoms in total. The van der Waals surface area contributed by atoms with E-state index in [9.17, 15) is 9.59 Å². The van der Waals surface area contributed by atoms with E-state index in [0.29, 0.717) is 31.1 Å². The van der Waals surface area contributed by atoms with Crippen LogP contribution >= 0.6 is 0 Å². The Bertz CT molecular complexity index is 973. The van der Waals surface area contributed by atoms with Crippen molar-refractivity contribution in [1.29, 1.82) is 0 Å². The molecule has 168 valence electrons. The summed E-state index contributed by atoms with van der Waals surface area (Å²) in [6, 6.07) is 7.02. The van der Waals surface area contributed by atoms with Gasteiger partial charge in [0.25, 0.3) is 5.91 Å². The van der Waals surface area contributed by atoms with Crippen LogP contribution in [-0.2, 0) is 11.8 Å². The molecule has 6 heteroatoms. The zero-order valence-corrected chi connectivity index (χ0v) is 19.5. The number of aryl methyl sites for hydroxylation is 2. The summed E-state index contributed by atoms with van der Waals surface area (Å²) < 4.78 is 2.04. The smallest absolute Gasteiger partial charge is 0.253 e. The number of hydrogen-bond acceptors (Lipinski definition) is 3. The topological polar surface area (TPSA) is 66.4 Å². The van der Waals surface area contributed by atoms with Gasteiger partial charge in [-0.1, -0.05) is 18.2 Å². The summed E-state index contributed by atoms with van der Waals surface area (Å²) in [6.45, 7) is 9.33. The Morgan fingerprint density at radius 3 is 2.45 bits per heavy atom. The van der Waals surface area contributed by atoms with Crippen molar-refractivity contribution in [2.24, 2.45) is 13.0 Å². The summed E-state index contributed by atoms with van der Waals surface area (Å²) in [5.74, 6) is 0.595. The lowest BCUT2D eigenvalue weighted by atomic mass is 9.90. The Morgan fingerprint density at radius 1 is 1.13 bits per heavy atom. The highest BCUT2D eigenvalue weighted by atomic mass is 16.2. The molecule has 0 aliphatic carbocycles. The largest absolute Gasteiger partial charge is 0.352 e. The molecule has 0 saturated carbocycles. The van der Waals surface area contributed by atoms with Crippen LogP contribution in [-0.4, -0.2) is 52.0 Å². The van der Waals surface area contributed by atoms with E-state index in [-0.39, 0.29) is 17.4 Å². The van der Waals surface area contributed by atoms with Gasteiger partial charge in [-0.25, -0.2) is 0 Å². The van der Waals surface area contributed by atoms with Gasteiger partial charge in [-0.05, 0) is 64.9 Å². The lowest BCUT2D eigenvalue weighted by molar-refractivity contribution is -0.125. The number of rotatable bonds is 5. The van der Waals surface area contributed by atoms with Gasteiger partial charge in [-0.15, -0.1) is 0 Å². The Balaban J connectivity index is 1.35. The molecule has 2 N–H and O–H groups in total. The van der Waals surface area contributed by atoms with Crippen LogP contribution in [0.2, 0.25) is 0 Å². The Hall–Kier alpha value is -2.34. The molecule has 2 amide bonds. The molecular weight excluding hydrogens is 388 g/mol. The fraction of sp³-hybridized carbons (Fsp3) is 0.600. The summed E-state index contributed by atoms with van der Waals surface area (Å²) in [5, 5.41) is 7.30. The molecule has 2 aliphatic rings. The molecular formula is C25H36N4O2. The average Bonchev–Trinajstić information content (AvgIpc) is 3.12. The second-order valence-electron chi connectivity index (χ2n) is 10.5. The van der Waals surface area contributed by atoms with Gasteiger partial charge >= 0.3 is 0 Å². The van der Waals surface area contributed by atoms with E-state index in [0.717, 1.165) is 42.1 Å². The van der Waals surface area contributed by atoms with Gasteiger partial charge in [0.1, 0.15) is 0 Å². The van der Waals surface area contributed by atoms with E-state index in [1.807, 2.05) is 50.7 Å². The number of carbonyl (C=O) groups excluding carboxylic acids is 2. The normalized spacial score (nSPS) is 23.8. The zero-order chi connectivity index (χ0) is 22.3. The summed E-state index contributed by atoms with van der Waals surface area (Å²) in [6.07, 6.45) is 6.34. The van der Waals surface area contributed by atoms with Gasteiger partial charge in [0, 0.05) is 42.8 Å². The molecule has 1 aromatic heterocycles. The van der Waals surface area contributed by atoms with Crippen molar-refractivity contribution >= 4 is 22.7 Å². The minimum atomic E-state index is -0.196. The molecule has 2 aromatic rings. The fourth-order valence-corrected chi connectivity index (χ4v) is 5.62. The number of benzene rings is 1. The minimum Gasteiger partial charge on any atom is -0.352 e. The first-order chi connectivity index (χ1) is 14.6. The number of piperidine rings is 1. The second kappa shape index (κ2) is 8.30. The van der Waals surface area contributed by atoms with Crippen molar-refractivity contribution in [2.75, 3.05) is 13.1 Å². The molecule has 4 rings (SSSR count). The van der Waals surface area contributed by atoms with Crippen LogP contribution in [0.25, 0.3) is 10.9 Å². The highest BCUT2D eigenvalue weighted by Gasteiger charge is 2.41. The summed E-state index contributed by atoms with van der Waals surface area (Å²) >= 11 is 0. The molecule has 2 fully saturated rings. The first-order valence-corrected chi connectivity index (χ1v) is 11.5. The number of nitrogens with one attached hydrogen (secondary N) is 2. The average molecular weight is 425 g/mol. The lowest BCUT2D eigenvalue weighted by Gasteiger charge is -2.39. The molecule has 31 heavy (non-hydrogen) atoms. The van der Waals surface area contributed by atoms with Gasteiger partial charge in [0.15, 0.2) is 0 Å². The van der Waals surface area contributed by atoms with Gasteiger partial charge in [-0.2, -0.15) is 0 Å². The van der Waals surface area contributed by atoms with Crippen LogP contribution in [0.4, 0.5) is 0 Å². The third-order valence-electron chi connectivity index (χ3n) is 6.82. The van der Waals surface area contributed by atoms with Crippen molar-refractivity contribution in [1.82, 2.24) is 20.1 Å². The van der Waals surface area contributed by atoms with Crippen molar-refractivity contribution in [2.45, 2.75) is 71.0 Å².